The minimum absolute atomic E-state index is 0.292. The van der Waals surface area contributed by atoms with Gasteiger partial charge in [-0.05, 0) is 30.3 Å². The first-order valence-corrected chi connectivity index (χ1v) is 7.85. The lowest BCUT2D eigenvalue weighted by Crippen LogP contribution is -2.12. The van der Waals surface area contributed by atoms with Crippen molar-refractivity contribution in [1.82, 2.24) is 15.0 Å². The molecule has 118 valence electrons. The zero-order valence-electron chi connectivity index (χ0n) is 12.2. The van der Waals surface area contributed by atoms with Crippen LogP contribution in [0.4, 0.5) is 5.69 Å². The molecule has 0 fully saturated rings. The van der Waals surface area contributed by atoms with E-state index in [1.165, 1.54) is 6.20 Å². The molecule has 0 bridgehead atoms. The fraction of sp³-hybridized carbons (Fsp3) is 0. The number of hydrogen-bond donors (Lipinski definition) is 2. The van der Waals surface area contributed by atoms with E-state index in [1.807, 2.05) is 12.1 Å². The van der Waals surface area contributed by atoms with Crippen LogP contribution in [0.2, 0.25) is 10.2 Å². The average molecular weight is 357 g/mol. The maximum Gasteiger partial charge on any atom is 0.257 e. The zero-order chi connectivity index (χ0) is 16.7. The minimum Gasteiger partial charge on any atom is -0.352 e. The van der Waals surface area contributed by atoms with Gasteiger partial charge in [0.1, 0.15) is 5.15 Å². The Hall–Kier alpha value is -2.63. The number of benzene rings is 1. The van der Waals surface area contributed by atoms with Crippen molar-refractivity contribution in [2.24, 2.45) is 0 Å². The molecule has 0 saturated heterocycles. The standard InChI is InChI=1S/C17H10Cl2N4O/c18-10-5-12-11-3-4-20-8-14(11)22-16(12)13(6-10)23-17(24)9-1-2-15(19)21-7-9/h1-8,22H,(H,23,24). The van der Waals surface area contributed by atoms with Crippen LogP contribution in [0.1, 0.15) is 10.4 Å². The molecule has 0 spiro atoms. The summed E-state index contributed by atoms with van der Waals surface area (Å²) in [5.74, 6) is -0.292. The Kier molecular flexibility index (Phi) is 3.59. The van der Waals surface area contributed by atoms with Gasteiger partial charge in [0.2, 0.25) is 0 Å². The Labute approximate surface area is 146 Å². The molecule has 7 heteroatoms. The van der Waals surface area contributed by atoms with Crippen molar-refractivity contribution in [3.63, 3.8) is 0 Å². The Bertz CT molecular complexity index is 1070. The number of nitrogens with one attached hydrogen (secondary N) is 2. The van der Waals surface area contributed by atoms with Crippen LogP contribution < -0.4 is 5.32 Å². The summed E-state index contributed by atoms with van der Waals surface area (Å²) in [6, 6.07) is 8.64. The molecule has 0 saturated carbocycles. The van der Waals surface area contributed by atoms with Crippen LogP contribution in [0.15, 0.2) is 48.9 Å². The summed E-state index contributed by atoms with van der Waals surface area (Å²) in [7, 11) is 0. The molecular formula is C17H10Cl2N4O. The van der Waals surface area contributed by atoms with Gasteiger partial charge in [-0.2, -0.15) is 0 Å². The van der Waals surface area contributed by atoms with Gasteiger partial charge in [0.15, 0.2) is 0 Å². The van der Waals surface area contributed by atoms with E-state index in [-0.39, 0.29) is 5.91 Å². The lowest BCUT2D eigenvalue weighted by molar-refractivity contribution is 0.102. The number of aromatic nitrogens is 3. The van der Waals surface area contributed by atoms with Gasteiger partial charge in [0.05, 0.1) is 28.5 Å². The van der Waals surface area contributed by atoms with Gasteiger partial charge in [0.25, 0.3) is 5.91 Å². The number of nitrogens with zero attached hydrogens (tertiary/aromatic N) is 2. The number of pyridine rings is 2. The highest BCUT2D eigenvalue weighted by atomic mass is 35.5. The predicted molar refractivity (Wildman–Crippen MR) is 95.8 cm³/mol. The Balaban J connectivity index is 1.81. The first-order chi connectivity index (χ1) is 11.6. The lowest BCUT2D eigenvalue weighted by atomic mass is 10.1. The minimum atomic E-state index is -0.292. The highest BCUT2D eigenvalue weighted by Gasteiger charge is 2.13. The highest BCUT2D eigenvalue weighted by Crippen LogP contribution is 2.33. The lowest BCUT2D eigenvalue weighted by Gasteiger charge is -2.07. The van der Waals surface area contributed by atoms with Crippen LogP contribution >= 0.6 is 23.2 Å². The second kappa shape index (κ2) is 5.78. The van der Waals surface area contributed by atoms with Gasteiger partial charge in [0, 0.05) is 28.2 Å². The number of amides is 1. The van der Waals surface area contributed by atoms with E-state index in [1.54, 1.807) is 30.6 Å². The van der Waals surface area contributed by atoms with Crippen molar-refractivity contribution in [3.8, 4) is 0 Å². The van der Waals surface area contributed by atoms with E-state index in [0.29, 0.717) is 21.4 Å². The number of anilines is 1. The molecule has 5 nitrogen and oxygen atoms in total. The van der Waals surface area contributed by atoms with Gasteiger partial charge in [-0.25, -0.2) is 4.98 Å². The molecule has 0 radical (unpaired) electrons. The summed E-state index contributed by atoms with van der Waals surface area (Å²) in [4.78, 5) is 23.7. The van der Waals surface area contributed by atoms with Gasteiger partial charge in [-0.15, -0.1) is 0 Å². The number of halogens is 2. The van der Waals surface area contributed by atoms with Gasteiger partial charge < -0.3 is 10.3 Å². The van der Waals surface area contributed by atoms with Crippen LogP contribution in [0.5, 0.6) is 0 Å². The molecule has 4 rings (SSSR count). The molecule has 1 aromatic carbocycles. The van der Waals surface area contributed by atoms with Crippen LogP contribution in [0.3, 0.4) is 0 Å². The molecule has 0 aliphatic heterocycles. The van der Waals surface area contributed by atoms with Crippen LogP contribution in [0.25, 0.3) is 21.8 Å². The molecule has 1 amide bonds. The molecule has 0 atom stereocenters. The Morgan fingerprint density at radius 2 is 1.96 bits per heavy atom. The normalized spacial score (nSPS) is 11.1. The largest absolute Gasteiger partial charge is 0.352 e. The van der Waals surface area contributed by atoms with Crippen molar-refractivity contribution in [2.45, 2.75) is 0 Å². The predicted octanol–water partition coefficient (Wildman–Crippen LogP) is 4.67. The molecule has 3 heterocycles. The first-order valence-electron chi connectivity index (χ1n) is 7.10. The monoisotopic (exact) mass is 356 g/mol. The molecule has 2 N–H and O–H groups in total. The van der Waals surface area contributed by atoms with Crippen molar-refractivity contribution in [3.05, 3.63) is 64.7 Å². The first kappa shape index (κ1) is 14.9. The molecule has 4 aromatic rings. The van der Waals surface area contributed by atoms with Crippen molar-refractivity contribution in [1.29, 1.82) is 0 Å². The quantitative estimate of drug-likeness (QED) is 0.512. The van der Waals surface area contributed by atoms with E-state index in [9.17, 15) is 4.79 Å². The topological polar surface area (TPSA) is 70.7 Å². The van der Waals surface area contributed by atoms with Crippen LogP contribution in [-0.4, -0.2) is 20.9 Å². The van der Waals surface area contributed by atoms with Crippen LogP contribution in [-0.2, 0) is 0 Å². The number of rotatable bonds is 2. The summed E-state index contributed by atoms with van der Waals surface area (Å²) in [6.07, 6.45) is 4.88. The third-order valence-corrected chi connectivity index (χ3v) is 4.15. The Morgan fingerprint density at radius 3 is 2.75 bits per heavy atom. The third kappa shape index (κ3) is 2.58. The summed E-state index contributed by atoms with van der Waals surface area (Å²) in [6.45, 7) is 0. The smallest absolute Gasteiger partial charge is 0.257 e. The summed E-state index contributed by atoms with van der Waals surface area (Å²) in [5.41, 5.74) is 2.66. The number of fused-ring (bicyclic) bond motifs is 3. The number of carbonyl (C=O) groups excluding carboxylic acids is 1. The van der Waals surface area contributed by atoms with E-state index in [2.05, 4.69) is 20.3 Å². The van der Waals surface area contributed by atoms with E-state index < -0.39 is 0 Å². The second-order valence-corrected chi connectivity index (χ2v) is 6.07. The maximum absolute atomic E-state index is 12.4. The molecule has 0 aliphatic rings. The van der Waals surface area contributed by atoms with Gasteiger partial charge >= 0.3 is 0 Å². The number of aromatic amines is 1. The zero-order valence-corrected chi connectivity index (χ0v) is 13.7. The Morgan fingerprint density at radius 1 is 1.08 bits per heavy atom. The molecule has 0 aliphatic carbocycles. The molecule has 24 heavy (non-hydrogen) atoms. The number of carbonyl (C=O) groups is 1. The van der Waals surface area contributed by atoms with Gasteiger partial charge in [-0.3, -0.25) is 9.78 Å². The average Bonchev–Trinajstić information content (AvgIpc) is 2.94. The second-order valence-electron chi connectivity index (χ2n) is 5.25. The summed E-state index contributed by atoms with van der Waals surface area (Å²) in [5, 5.41) is 5.64. The maximum atomic E-state index is 12.4. The molecule has 3 aromatic heterocycles. The van der Waals surface area contributed by atoms with E-state index in [0.717, 1.165) is 21.8 Å². The SMILES string of the molecule is O=C(Nc1cc(Cl)cc2c1[nH]c1cnccc12)c1ccc(Cl)nc1. The fourth-order valence-corrected chi connectivity index (χ4v) is 2.95. The van der Waals surface area contributed by atoms with Crippen LogP contribution in [0, 0.1) is 0 Å². The number of hydrogen-bond acceptors (Lipinski definition) is 3. The summed E-state index contributed by atoms with van der Waals surface area (Å²) < 4.78 is 0. The van der Waals surface area contributed by atoms with E-state index in [4.69, 9.17) is 23.2 Å². The number of H-pyrrole nitrogens is 1. The molecule has 0 unspecified atom stereocenters. The van der Waals surface area contributed by atoms with Gasteiger partial charge in [-0.1, -0.05) is 23.2 Å². The van der Waals surface area contributed by atoms with Crippen molar-refractivity contribution >= 4 is 56.6 Å². The third-order valence-electron chi connectivity index (χ3n) is 3.71. The summed E-state index contributed by atoms with van der Waals surface area (Å²) >= 11 is 12.0. The van der Waals surface area contributed by atoms with E-state index >= 15 is 0 Å². The molecular weight excluding hydrogens is 347 g/mol. The van der Waals surface area contributed by atoms with Crippen molar-refractivity contribution < 1.29 is 4.79 Å². The van der Waals surface area contributed by atoms with Crippen molar-refractivity contribution in [2.75, 3.05) is 5.32 Å². The fourth-order valence-electron chi connectivity index (χ4n) is 2.62. The highest BCUT2D eigenvalue weighted by molar-refractivity contribution is 6.33.